The van der Waals surface area contributed by atoms with Crippen molar-refractivity contribution < 1.29 is 4.79 Å². The molecule has 1 aromatic carbocycles. The minimum absolute atomic E-state index is 0.0438. The number of benzene rings is 1. The summed E-state index contributed by atoms with van der Waals surface area (Å²) < 4.78 is 0. The van der Waals surface area contributed by atoms with Gasteiger partial charge >= 0.3 is 0 Å². The van der Waals surface area contributed by atoms with Gasteiger partial charge in [-0.05, 0) is 43.2 Å². The summed E-state index contributed by atoms with van der Waals surface area (Å²) in [5.41, 5.74) is 2.24. The summed E-state index contributed by atoms with van der Waals surface area (Å²) >= 11 is 0. The maximum Gasteiger partial charge on any atom is 0.241 e. The fourth-order valence-corrected chi connectivity index (χ4v) is 3.54. The van der Waals surface area contributed by atoms with E-state index >= 15 is 0 Å². The number of anilines is 1. The monoisotopic (exact) mass is 272 g/mol. The van der Waals surface area contributed by atoms with Crippen molar-refractivity contribution in [1.29, 1.82) is 0 Å². The van der Waals surface area contributed by atoms with Crippen LogP contribution in [0.25, 0.3) is 0 Å². The first-order valence-electron chi connectivity index (χ1n) is 7.87. The Kier molecular flexibility index (Phi) is 4.06. The van der Waals surface area contributed by atoms with Crippen LogP contribution in [0.2, 0.25) is 0 Å². The van der Waals surface area contributed by atoms with Crippen LogP contribution in [0.3, 0.4) is 0 Å². The Bertz CT molecular complexity index is 486. The van der Waals surface area contributed by atoms with Crippen LogP contribution in [0, 0.1) is 5.92 Å². The van der Waals surface area contributed by atoms with Crippen molar-refractivity contribution in [3.8, 4) is 0 Å². The second kappa shape index (κ2) is 5.96. The number of carbonyl (C=O) groups is 1. The van der Waals surface area contributed by atoms with Crippen LogP contribution in [-0.4, -0.2) is 18.0 Å². The molecule has 3 heteroatoms. The lowest BCUT2D eigenvalue weighted by Crippen LogP contribution is -2.46. The number of hydrogen-bond donors (Lipinski definition) is 2. The van der Waals surface area contributed by atoms with Gasteiger partial charge in [0.05, 0.1) is 6.04 Å². The van der Waals surface area contributed by atoms with E-state index in [1.165, 1.54) is 31.2 Å². The Morgan fingerprint density at radius 1 is 1.20 bits per heavy atom. The van der Waals surface area contributed by atoms with Crippen LogP contribution in [0.15, 0.2) is 24.3 Å². The lowest BCUT2D eigenvalue weighted by Gasteiger charge is -2.30. The molecule has 20 heavy (non-hydrogen) atoms. The standard InChI is InChI=1S/C17H24N2O/c1-12-5-4-7-14(11-12)18-16-10-9-13-6-2-3-8-15(13)19-17(16)20/h2-3,6,8,12,14,16,18H,4-5,7,9-11H2,1H3,(H,19,20). The third-order valence-corrected chi connectivity index (χ3v) is 4.67. The summed E-state index contributed by atoms with van der Waals surface area (Å²) in [6.45, 7) is 2.32. The molecule has 1 aliphatic heterocycles. The van der Waals surface area contributed by atoms with Gasteiger partial charge in [0.2, 0.25) is 5.91 Å². The second-order valence-electron chi connectivity index (χ2n) is 6.37. The van der Waals surface area contributed by atoms with Gasteiger partial charge in [0.1, 0.15) is 0 Å². The van der Waals surface area contributed by atoms with E-state index in [0.717, 1.165) is 24.4 Å². The Labute approximate surface area is 121 Å². The molecule has 0 spiro atoms. The zero-order valence-electron chi connectivity index (χ0n) is 12.2. The average molecular weight is 272 g/mol. The number of nitrogens with one attached hydrogen (secondary N) is 2. The van der Waals surface area contributed by atoms with Crippen LogP contribution in [-0.2, 0) is 11.2 Å². The van der Waals surface area contributed by atoms with Gasteiger partial charge in [0.25, 0.3) is 0 Å². The van der Waals surface area contributed by atoms with Crippen LogP contribution < -0.4 is 10.6 Å². The van der Waals surface area contributed by atoms with E-state index in [1.807, 2.05) is 18.2 Å². The van der Waals surface area contributed by atoms with Gasteiger partial charge in [-0.2, -0.15) is 0 Å². The second-order valence-corrected chi connectivity index (χ2v) is 6.37. The quantitative estimate of drug-likeness (QED) is 0.868. The van der Waals surface area contributed by atoms with Crippen molar-refractivity contribution in [2.75, 3.05) is 5.32 Å². The Morgan fingerprint density at radius 3 is 2.90 bits per heavy atom. The predicted molar refractivity (Wildman–Crippen MR) is 81.7 cm³/mol. The zero-order chi connectivity index (χ0) is 13.9. The molecule has 1 fully saturated rings. The van der Waals surface area contributed by atoms with Crippen LogP contribution in [0.1, 0.15) is 44.6 Å². The molecule has 3 rings (SSSR count). The fourth-order valence-electron chi connectivity index (χ4n) is 3.54. The van der Waals surface area contributed by atoms with Gasteiger partial charge in [0.15, 0.2) is 0 Å². The highest BCUT2D eigenvalue weighted by Crippen LogP contribution is 2.26. The summed E-state index contributed by atoms with van der Waals surface area (Å²) in [6, 6.07) is 8.60. The summed E-state index contributed by atoms with van der Waals surface area (Å²) in [5.74, 6) is 0.917. The predicted octanol–water partition coefficient (Wildman–Crippen LogP) is 3.11. The molecule has 2 aliphatic rings. The number of carbonyl (C=O) groups excluding carboxylic acids is 1. The molecule has 3 nitrogen and oxygen atoms in total. The molecular formula is C17H24N2O. The SMILES string of the molecule is CC1CCCC(NC2CCc3ccccc3NC2=O)C1. The third-order valence-electron chi connectivity index (χ3n) is 4.67. The number of amides is 1. The first-order valence-corrected chi connectivity index (χ1v) is 7.87. The highest BCUT2D eigenvalue weighted by molar-refractivity contribution is 5.96. The van der Waals surface area contributed by atoms with Crippen LogP contribution in [0.4, 0.5) is 5.69 Å². The number of para-hydroxylation sites is 1. The van der Waals surface area contributed by atoms with Gasteiger partial charge < -0.3 is 10.6 Å². The smallest absolute Gasteiger partial charge is 0.241 e. The number of aryl methyl sites for hydroxylation is 1. The highest BCUT2D eigenvalue weighted by Gasteiger charge is 2.27. The first-order chi connectivity index (χ1) is 9.72. The van der Waals surface area contributed by atoms with Crippen molar-refractivity contribution >= 4 is 11.6 Å². The van der Waals surface area contributed by atoms with Crippen molar-refractivity contribution in [2.24, 2.45) is 5.92 Å². The molecule has 108 valence electrons. The van der Waals surface area contributed by atoms with Crippen molar-refractivity contribution in [3.63, 3.8) is 0 Å². The summed E-state index contributed by atoms with van der Waals surface area (Å²) in [5, 5.41) is 6.67. The Morgan fingerprint density at radius 2 is 2.05 bits per heavy atom. The molecule has 1 heterocycles. The van der Waals surface area contributed by atoms with Crippen molar-refractivity contribution in [2.45, 2.75) is 57.5 Å². The first kappa shape index (κ1) is 13.6. The van der Waals surface area contributed by atoms with Gasteiger partial charge in [-0.15, -0.1) is 0 Å². The van der Waals surface area contributed by atoms with Crippen molar-refractivity contribution in [1.82, 2.24) is 5.32 Å². The topological polar surface area (TPSA) is 41.1 Å². The van der Waals surface area contributed by atoms with Gasteiger partial charge in [-0.25, -0.2) is 0 Å². The molecule has 1 aromatic rings. The molecule has 0 aromatic heterocycles. The summed E-state index contributed by atoms with van der Waals surface area (Å²) in [6.07, 6.45) is 6.90. The molecule has 1 saturated carbocycles. The average Bonchev–Trinajstić information content (AvgIpc) is 2.59. The van der Waals surface area contributed by atoms with Gasteiger partial charge in [-0.3, -0.25) is 4.79 Å². The van der Waals surface area contributed by atoms with E-state index < -0.39 is 0 Å². The minimum Gasteiger partial charge on any atom is -0.324 e. The molecular weight excluding hydrogens is 248 g/mol. The minimum atomic E-state index is -0.0438. The molecule has 3 unspecified atom stereocenters. The van der Waals surface area contributed by atoms with E-state index in [-0.39, 0.29) is 11.9 Å². The Balaban J connectivity index is 1.65. The molecule has 0 saturated heterocycles. The van der Waals surface area contributed by atoms with Crippen LogP contribution >= 0.6 is 0 Å². The molecule has 0 bridgehead atoms. The largest absolute Gasteiger partial charge is 0.324 e. The van der Waals surface area contributed by atoms with E-state index in [9.17, 15) is 4.79 Å². The molecule has 1 amide bonds. The maximum atomic E-state index is 12.4. The van der Waals surface area contributed by atoms with E-state index in [2.05, 4.69) is 23.6 Å². The molecule has 3 atom stereocenters. The zero-order valence-corrected chi connectivity index (χ0v) is 12.2. The van der Waals surface area contributed by atoms with Gasteiger partial charge in [-0.1, -0.05) is 38.0 Å². The molecule has 2 N–H and O–H groups in total. The molecule has 1 aliphatic carbocycles. The maximum absolute atomic E-state index is 12.4. The third kappa shape index (κ3) is 3.04. The van der Waals surface area contributed by atoms with E-state index in [1.54, 1.807) is 0 Å². The highest BCUT2D eigenvalue weighted by atomic mass is 16.2. The Hall–Kier alpha value is -1.35. The van der Waals surface area contributed by atoms with E-state index in [0.29, 0.717) is 6.04 Å². The van der Waals surface area contributed by atoms with Crippen molar-refractivity contribution in [3.05, 3.63) is 29.8 Å². The summed E-state index contributed by atoms with van der Waals surface area (Å²) in [4.78, 5) is 12.4. The fraction of sp³-hybridized carbons (Fsp3) is 0.588. The normalized spacial score (nSPS) is 30.2. The number of fused-ring (bicyclic) bond motifs is 1. The lowest BCUT2D eigenvalue weighted by atomic mass is 9.86. The van der Waals surface area contributed by atoms with Gasteiger partial charge in [0, 0.05) is 11.7 Å². The lowest BCUT2D eigenvalue weighted by molar-refractivity contribution is -0.118. The van der Waals surface area contributed by atoms with Crippen LogP contribution in [0.5, 0.6) is 0 Å². The summed E-state index contributed by atoms with van der Waals surface area (Å²) in [7, 11) is 0. The number of hydrogen-bond acceptors (Lipinski definition) is 2. The number of rotatable bonds is 2. The van der Waals surface area contributed by atoms with E-state index in [4.69, 9.17) is 0 Å². The molecule has 0 radical (unpaired) electrons.